The molecule has 0 unspecified atom stereocenters. The van der Waals surface area contributed by atoms with Gasteiger partial charge in [0.05, 0.1) is 12.7 Å². The third kappa shape index (κ3) is 4.45. The third-order valence-corrected chi connectivity index (χ3v) is 6.97. The maximum Gasteiger partial charge on any atom is 0.337 e. The Balaban J connectivity index is 1.78. The van der Waals surface area contributed by atoms with Crippen LogP contribution in [-0.4, -0.2) is 30.9 Å². The first-order valence-corrected chi connectivity index (χ1v) is 11.6. The van der Waals surface area contributed by atoms with Crippen molar-refractivity contribution in [2.45, 2.75) is 64.4 Å². The molecule has 176 valence electrons. The molecule has 7 heteroatoms. The standard InChI is InChI=1S/C26H30FNO5/c1-14-12-19-23(24(29)20(14)25(30)32-3)22(16-8-7-9-17(27)13-16)21(15(2)28-19)26(31)33-18-10-5-4-6-11-18/h7-9,13-14,18,20,22,28H,4-6,10-12H2,1-3H3/t14-,20+,22+/m0/s1. The summed E-state index contributed by atoms with van der Waals surface area (Å²) >= 11 is 0. The number of ketones is 1. The third-order valence-electron chi connectivity index (χ3n) is 6.97. The maximum absolute atomic E-state index is 14.2. The number of benzene rings is 1. The lowest BCUT2D eigenvalue weighted by atomic mass is 9.69. The van der Waals surface area contributed by atoms with Gasteiger partial charge in [-0.2, -0.15) is 0 Å². The van der Waals surface area contributed by atoms with Gasteiger partial charge in [-0.05, 0) is 62.6 Å². The Morgan fingerprint density at radius 1 is 1.15 bits per heavy atom. The summed E-state index contributed by atoms with van der Waals surface area (Å²) in [7, 11) is 1.26. The minimum absolute atomic E-state index is 0.167. The Labute approximate surface area is 193 Å². The monoisotopic (exact) mass is 455 g/mol. The molecular formula is C26H30FNO5. The number of Topliss-reactive ketones (excluding diaryl/α,β-unsaturated/α-hetero) is 1. The predicted octanol–water partition coefficient (Wildman–Crippen LogP) is 4.31. The van der Waals surface area contributed by atoms with Gasteiger partial charge >= 0.3 is 11.9 Å². The van der Waals surface area contributed by atoms with Crippen molar-refractivity contribution in [1.29, 1.82) is 0 Å². The van der Waals surface area contributed by atoms with Crippen molar-refractivity contribution in [3.8, 4) is 0 Å². The molecule has 1 aromatic carbocycles. The molecule has 1 saturated carbocycles. The molecular weight excluding hydrogens is 425 g/mol. The Morgan fingerprint density at radius 2 is 1.88 bits per heavy atom. The largest absolute Gasteiger partial charge is 0.468 e. The Kier molecular flexibility index (Phi) is 6.68. The summed E-state index contributed by atoms with van der Waals surface area (Å²) in [6, 6.07) is 5.90. The minimum Gasteiger partial charge on any atom is -0.468 e. The summed E-state index contributed by atoms with van der Waals surface area (Å²) in [6.45, 7) is 3.60. The van der Waals surface area contributed by atoms with Gasteiger partial charge in [0.2, 0.25) is 0 Å². The van der Waals surface area contributed by atoms with Gasteiger partial charge < -0.3 is 14.8 Å². The topological polar surface area (TPSA) is 81.7 Å². The number of hydrogen-bond donors (Lipinski definition) is 1. The average Bonchev–Trinajstić information content (AvgIpc) is 2.78. The van der Waals surface area contributed by atoms with E-state index in [1.54, 1.807) is 19.1 Å². The van der Waals surface area contributed by atoms with E-state index < -0.39 is 35.4 Å². The molecule has 2 aliphatic carbocycles. The molecule has 3 aliphatic rings. The van der Waals surface area contributed by atoms with Crippen LogP contribution in [0.2, 0.25) is 0 Å². The second kappa shape index (κ2) is 9.49. The van der Waals surface area contributed by atoms with E-state index in [1.807, 2.05) is 6.92 Å². The van der Waals surface area contributed by atoms with Crippen LogP contribution in [0.25, 0.3) is 0 Å². The normalized spacial score (nSPS) is 25.9. The molecule has 0 amide bonds. The number of dihydropyridines is 1. The van der Waals surface area contributed by atoms with Crippen LogP contribution in [0.5, 0.6) is 0 Å². The number of carbonyl (C=O) groups is 3. The second-order valence-corrected chi connectivity index (χ2v) is 9.26. The first-order chi connectivity index (χ1) is 15.8. The van der Waals surface area contributed by atoms with Crippen LogP contribution in [0.1, 0.15) is 63.9 Å². The number of halogens is 1. The molecule has 33 heavy (non-hydrogen) atoms. The van der Waals surface area contributed by atoms with Crippen molar-refractivity contribution in [3.63, 3.8) is 0 Å². The van der Waals surface area contributed by atoms with Crippen molar-refractivity contribution in [3.05, 3.63) is 58.2 Å². The van der Waals surface area contributed by atoms with Gasteiger partial charge in [0, 0.05) is 22.9 Å². The van der Waals surface area contributed by atoms with Gasteiger partial charge in [0.25, 0.3) is 0 Å². The lowest BCUT2D eigenvalue weighted by molar-refractivity contribution is -0.151. The number of rotatable bonds is 4. The number of esters is 2. The van der Waals surface area contributed by atoms with E-state index in [4.69, 9.17) is 9.47 Å². The molecule has 1 N–H and O–H groups in total. The fourth-order valence-corrected chi connectivity index (χ4v) is 5.37. The van der Waals surface area contributed by atoms with E-state index >= 15 is 0 Å². The number of allylic oxidation sites excluding steroid dienone is 3. The van der Waals surface area contributed by atoms with E-state index in [0.717, 1.165) is 32.1 Å². The summed E-state index contributed by atoms with van der Waals surface area (Å²) < 4.78 is 25.0. The second-order valence-electron chi connectivity index (χ2n) is 9.26. The van der Waals surface area contributed by atoms with Crippen molar-refractivity contribution in [2.24, 2.45) is 11.8 Å². The van der Waals surface area contributed by atoms with Crippen LogP contribution >= 0.6 is 0 Å². The van der Waals surface area contributed by atoms with Crippen LogP contribution < -0.4 is 5.32 Å². The van der Waals surface area contributed by atoms with Crippen LogP contribution in [0.4, 0.5) is 4.39 Å². The highest BCUT2D eigenvalue weighted by molar-refractivity contribution is 6.12. The molecule has 1 fully saturated rings. The number of hydrogen-bond acceptors (Lipinski definition) is 6. The molecule has 0 aromatic heterocycles. The smallest absolute Gasteiger partial charge is 0.337 e. The van der Waals surface area contributed by atoms with Crippen LogP contribution in [0.15, 0.2) is 46.8 Å². The highest BCUT2D eigenvalue weighted by Gasteiger charge is 2.47. The van der Waals surface area contributed by atoms with Gasteiger partial charge in [0.15, 0.2) is 5.78 Å². The molecule has 1 aliphatic heterocycles. The average molecular weight is 456 g/mol. The zero-order valence-corrected chi connectivity index (χ0v) is 19.3. The van der Waals surface area contributed by atoms with E-state index in [1.165, 1.54) is 19.2 Å². The first kappa shape index (κ1) is 23.2. The molecule has 3 atom stereocenters. The lowest BCUT2D eigenvalue weighted by Gasteiger charge is -2.38. The van der Waals surface area contributed by atoms with Crippen molar-refractivity contribution >= 4 is 17.7 Å². The summed E-state index contributed by atoms with van der Waals surface area (Å²) in [5, 5.41) is 3.23. The number of carbonyl (C=O) groups excluding carboxylic acids is 3. The Bertz CT molecular complexity index is 1040. The Hall–Kier alpha value is -2.96. The fraction of sp³-hybridized carbons (Fsp3) is 0.500. The summed E-state index contributed by atoms with van der Waals surface area (Å²) in [5.41, 5.74) is 2.33. The zero-order valence-electron chi connectivity index (χ0n) is 19.3. The quantitative estimate of drug-likeness (QED) is 0.538. The van der Waals surface area contributed by atoms with Crippen LogP contribution in [0.3, 0.4) is 0 Å². The number of ether oxygens (including phenoxy) is 2. The maximum atomic E-state index is 14.2. The highest BCUT2D eigenvalue weighted by Crippen LogP contribution is 2.45. The fourth-order valence-electron chi connectivity index (χ4n) is 5.37. The van der Waals surface area contributed by atoms with Gasteiger partial charge in [-0.1, -0.05) is 25.5 Å². The molecule has 4 rings (SSSR count). The molecule has 0 bridgehead atoms. The highest BCUT2D eigenvalue weighted by atomic mass is 19.1. The zero-order chi connectivity index (χ0) is 23.7. The van der Waals surface area contributed by atoms with Crippen LogP contribution in [-0.2, 0) is 23.9 Å². The first-order valence-electron chi connectivity index (χ1n) is 11.6. The SMILES string of the molecule is COC(=O)[C@H]1C(=O)C2=C(C[C@@H]1C)NC(C)=C(C(=O)OC1CCCCC1)[C@H]2c1cccc(F)c1. The molecule has 1 heterocycles. The van der Waals surface area contributed by atoms with E-state index in [9.17, 15) is 18.8 Å². The number of nitrogens with one attached hydrogen (secondary N) is 1. The minimum atomic E-state index is -0.972. The van der Waals surface area contributed by atoms with Crippen LogP contribution in [0, 0.1) is 17.7 Å². The van der Waals surface area contributed by atoms with Gasteiger partial charge in [0.1, 0.15) is 17.8 Å². The van der Waals surface area contributed by atoms with E-state index in [-0.39, 0.29) is 17.6 Å². The summed E-state index contributed by atoms with van der Waals surface area (Å²) in [4.78, 5) is 39.5. The lowest BCUT2D eigenvalue weighted by Crippen LogP contribution is -2.43. The Morgan fingerprint density at radius 3 is 2.55 bits per heavy atom. The van der Waals surface area contributed by atoms with Crippen molar-refractivity contribution in [2.75, 3.05) is 7.11 Å². The number of methoxy groups -OCH3 is 1. The van der Waals surface area contributed by atoms with Gasteiger partial charge in [-0.15, -0.1) is 0 Å². The molecule has 1 aromatic rings. The molecule has 0 saturated heterocycles. The van der Waals surface area contributed by atoms with Crippen molar-refractivity contribution in [1.82, 2.24) is 5.32 Å². The summed E-state index contributed by atoms with van der Waals surface area (Å²) in [5.74, 6) is -4.03. The van der Waals surface area contributed by atoms with Gasteiger partial charge in [-0.25, -0.2) is 9.18 Å². The summed E-state index contributed by atoms with van der Waals surface area (Å²) in [6.07, 6.45) is 5.04. The van der Waals surface area contributed by atoms with E-state index in [2.05, 4.69) is 5.32 Å². The van der Waals surface area contributed by atoms with Crippen molar-refractivity contribution < 1.29 is 28.2 Å². The molecule has 0 spiro atoms. The predicted molar refractivity (Wildman–Crippen MR) is 119 cm³/mol. The molecule has 0 radical (unpaired) electrons. The molecule has 6 nitrogen and oxygen atoms in total. The van der Waals surface area contributed by atoms with E-state index in [0.29, 0.717) is 29.0 Å². The van der Waals surface area contributed by atoms with Gasteiger partial charge in [-0.3, -0.25) is 9.59 Å².